The SMILES string of the molecule is CCOc1ccc([C@H]2c3[nH]c4ccccc4c3Cc3c(O)[nH]c(=O)n32)cc1. The van der Waals surface area contributed by atoms with Gasteiger partial charge in [0.05, 0.1) is 12.3 Å². The predicted octanol–water partition coefficient (Wildman–Crippen LogP) is 3.30. The molecule has 0 bridgehead atoms. The smallest absolute Gasteiger partial charge is 0.329 e. The molecule has 2 aromatic heterocycles. The lowest BCUT2D eigenvalue weighted by Gasteiger charge is -2.26. The molecule has 0 amide bonds. The molecule has 136 valence electrons. The molecular formula is C21H19N3O3. The first kappa shape index (κ1) is 15.8. The van der Waals surface area contributed by atoms with Crippen molar-refractivity contribution in [3.05, 3.63) is 81.5 Å². The molecule has 1 atom stereocenters. The quantitative estimate of drug-likeness (QED) is 0.461. The van der Waals surface area contributed by atoms with Crippen LogP contribution in [0, 0.1) is 0 Å². The predicted molar refractivity (Wildman–Crippen MR) is 103 cm³/mol. The molecule has 1 aliphatic heterocycles. The first-order valence-electron chi connectivity index (χ1n) is 9.02. The van der Waals surface area contributed by atoms with Gasteiger partial charge in [-0.1, -0.05) is 30.3 Å². The number of H-pyrrole nitrogens is 2. The van der Waals surface area contributed by atoms with Crippen molar-refractivity contribution in [3.63, 3.8) is 0 Å². The topological polar surface area (TPSA) is 83.0 Å². The largest absolute Gasteiger partial charge is 0.494 e. The van der Waals surface area contributed by atoms with Gasteiger partial charge in [-0.2, -0.15) is 0 Å². The summed E-state index contributed by atoms with van der Waals surface area (Å²) in [6.45, 7) is 2.55. The average molecular weight is 361 g/mol. The number of ether oxygens (including phenoxy) is 1. The summed E-state index contributed by atoms with van der Waals surface area (Å²) in [5, 5.41) is 11.4. The number of nitrogens with one attached hydrogen (secondary N) is 2. The van der Waals surface area contributed by atoms with Crippen LogP contribution < -0.4 is 10.4 Å². The highest BCUT2D eigenvalue weighted by Crippen LogP contribution is 2.40. The van der Waals surface area contributed by atoms with Crippen molar-refractivity contribution < 1.29 is 9.84 Å². The van der Waals surface area contributed by atoms with Gasteiger partial charge in [-0.3, -0.25) is 9.55 Å². The third-order valence-corrected chi connectivity index (χ3v) is 5.24. The van der Waals surface area contributed by atoms with E-state index in [9.17, 15) is 9.90 Å². The Morgan fingerprint density at radius 1 is 1.15 bits per heavy atom. The Balaban J connectivity index is 1.76. The molecule has 2 aromatic carbocycles. The molecule has 3 heterocycles. The van der Waals surface area contributed by atoms with Crippen LogP contribution in [0.2, 0.25) is 0 Å². The molecular weight excluding hydrogens is 342 g/mol. The lowest BCUT2D eigenvalue weighted by molar-refractivity contribution is 0.340. The summed E-state index contributed by atoms with van der Waals surface area (Å²) in [4.78, 5) is 18.6. The van der Waals surface area contributed by atoms with Crippen LogP contribution in [-0.4, -0.2) is 26.2 Å². The summed E-state index contributed by atoms with van der Waals surface area (Å²) in [6, 6.07) is 15.5. The van der Waals surface area contributed by atoms with Gasteiger partial charge < -0.3 is 14.8 Å². The fourth-order valence-electron chi connectivity index (χ4n) is 4.08. The molecule has 1 aliphatic rings. The van der Waals surface area contributed by atoms with E-state index in [0.29, 0.717) is 18.7 Å². The number of imidazole rings is 1. The van der Waals surface area contributed by atoms with Crippen LogP contribution in [0.3, 0.4) is 0 Å². The Bertz CT molecular complexity index is 1200. The molecule has 6 heteroatoms. The second-order valence-corrected chi connectivity index (χ2v) is 6.74. The van der Waals surface area contributed by atoms with Crippen LogP contribution in [0.15, 0.2) is 53.3 Å². The van der Waals surface area contributed by atoms with Crippen LogP contribution in [0.5, 0.6) is 11.6 Å². The Labute approximate surface area is 155 Å². The molecule has 0 fully saturated rings. The highest BCUT2D eigenvalue weighted by Gasteiger charge is 2.33. The number of benzene rings is 2. The highest BCUT2D eigenvalue weighted by atomic mass is 16.5. The van der Waals surface area contributed by atoms with Gasteiger partial charge in [0.1, 0.15) is 11.8 Å². The fraction of sp³-hybridized carbons (Fsp3) is 0.190. The molecule has 0 radical (unpaired) electrons. The maximum absolute atomic E-state index is 12.6. The zero-order valence-corrected chi connectivity index (χ0v) is 14.8. The van der Waals surface area contributed by atoms with E-state index < -0.39 is 0 Å². The number of rotatable bonds is 3. The summed E-state index contributed by atoms with van der Waals surface area (Å²) in [6.07, 6.45) is 0.497. The first-order valence-corrected chi connectivity index (χ1v) is 9.02. The second kappa shape index (κ2) is 5.81. The third-order valence-electron chi connectivity index (χ3n) is 5.24. The average Bonchev–Trinajstić information content (AvgIpc) is 3.19. The van der Waals surface area contributed by atoms with Crippen molar-refractivity contribution in [2.24, 2.45) is 0 Å². The van der Waals surface area contributed by atoms with E-state index >= 15 is 0 Å². The molecule has 0 aliphatic carbocycles. The van der Waals surface area contributed by atoms with Gasteiger partial charge >= 0.3 is 5.69 Å². The van der Waals surface area contributed by atoms with Crippen LogP contribution >= 0.6 is 0 Å². The summed E-state index contributed by atoms with van der Waals surface area (Å²) >= 11 is 0. The minimum Gasteiger partial charge on any atom is -0.494 e. The van der Waals surface area contributed by atoms with Crippen molar-refractivity contribution in [2.45, 2.75) is 19.4 Å². The van der Waals surface area contributed by atoms with E-state index in [1.807, 2.05) is 49.4 Å². The fourth-order valence-corrected chi connectivity index (χ4v) is 4.08. The summed E-state index contributed by atoms with van der Waals surface area (Å²) in [7, 11) is 0. The van der Waals surface area contributed by atoms with Gasteiger partial charge in [-0.25, -0.2) is 4.79 Å². The van der Waals surface area contributed by atoms with Crippen LogP contribution in [-0.2, 0) is 6.42 Å². The van der Waals surface area contributed by atoms with Gasteiger partial charge in [0.2, 0.25) is 5.88 Å². The first-order chi connectivity index (χ1) is 13.2. The minimum absolute atomic E-state index is 0.0631. The van der Waals surface area contributed by atoms with Gasteiger partial charge in [-0.15, -0.1) is 0 Å². The molecule has 0 spiro atoms. The zero-order valence-electron chi connectivity index (χ0n) is 14.8. The van der Waals surface area contributed by atoms with E-state index in [4.69, 9.17) is 4.74 Å². The Hall–Kier alpha value is -3.41. The Kier molecular flexibility index (Phi) is 3.40. The van der Waals surface area contributed by atoms with Crippen molar-refractivity contribution in [1.29, 1.82) is 0 Å². The minimum atomic E-state index is -0.337. The summed E-state index contributed by atoms with van der Waals surface area (Å²) in [5.74, 6) is 0.727. The van der Waals surface area contributed by atoms with E-state index in [0.717, 1.165) is 33.5 Å². The highest BCUT2D eigenvalue weighted by molar-refractivity contribution is 5.86. The number of aromatic hydroxyl groups is 1. The molecule has 6 nitrogen and oxygen atoms in total. The number of aromatic nitrogens is 3. The number of para-hydroxylation sites is 1. The zero-order chi connectivity index (χ0) is 18.5. The van der Waals surface area contributed by atoms with Crippen molar-refractivity contribution in [1.82, 2.24) is 14.5 Å². The maximum Gasteiger partial charge on any atom is 0.329 e. The lowest BCUT2D eigenvalue weighted by atomic mass is 9.93. The molecule has 5 rings (SSSR count). The number of nitrogens with zero attached hydrogens (tertiary/aromatic N) is 1. The standard InChI is InChI=1S/C21H19N3O3/c1-2-27-13-9-7-12(8-10-13)19-18-15(14-5-3-4-6-16(14)22-18)11-17-20(25)23-21(26)24(17)19/h3-10,19,22,25H,2,11H2,1H3,(H,23,26)/t19-/m0/s1. The monoisotopic (exact) mass is 361 g/mol. The van der Waals surface area contributed by atoms with Crippen molar-refractivity contribution in [3.8, 4) is 11.6 Å². The summed E-state index contributed by atoms with van der Waals surface area (Å²) in [5.41, 5.74) is 4.36. The van der Waals surface area contributed by atoms with Crippen LogP contribution in [0.25, 0.3) is 10.9 Å². The Morgan fingerprint density at radius 2 is 1.93 bits per heavy atom. The van der Waals surface area contributed by atoms with Gasteiger partial charge in [-0.05, 0) is 36.2 Å². The molecule has 27 heavy (non-hydrogen) atoms. The third kappa shape index (κ3) is 2.30. The number of hydrogen-bond acceptors (Lipinski definition) is 3. The van der Waals surface area contributed by atoms with Crippen molar-refractivity contribution in [2.75, 3.05) is 6.61 Å². The molecule has 3 N–H and O–H groups in total. The molecule has 0 unspecified atom stereocenters. The normalized spacial score (nSPS) is 15.5. The lowest BCUT2D eigenvalue weighted by Crippen LogP contribution is -2.29. The molecule has 0 saturated carbocycles. The van der Waals surface area contributed by atoms with Crippen LogP contribution in [0.1, 0.15) is 35.5 Å². The summed E-state index contributed by atoms with van der Waals surface area (Å²) < 4.78 is 7.18. The Morgan fingerprint density at radius 3 is 2.70 bits per heavy atom. The van der Waals surface area contributed by atoms with Gasteiger partial charge in [0, 0.05) is 23.0 Å². The number of fused-ring (bicyclic) bond motifs is 4. The van der Waals surface area contributed by atoms with E-state index in [2.05, 4.69) is 16.0 Å². The molecule has 4 aromatic rings. The van der Waals surface area contributed by atoms with E-state index in [1.54, 1.807) is 4.57 Å². The van der Waals surface area contributed by atoms with Crippen molar-refractivity contribution >= 4 is 10.9 Å². The van der Waals surface area contributed by atoms with Gasteiger partial charge in [0.25, 0.3) is 0 Å². The second-order valence-electron chi connectivity index (χ2n) is 6.74. The van der Waals surface area contributed by atoms with E-state index in [-0.39, 0.29) is 17.6 Å². The maximum atomic E-state index is 12.6. The van der Waals surface area contributed by atoms with Crippen LogP contribution in [0.4, 0.5) is 0 Å². The molecule has 0 saturated heterocycles. The number of hydrogen-bond donors (Lipinski definition) is 3. The number of aromatic amines is 2. The van der Waals surface area contributed by atoms with E-state index in [1.165, 1.54) is 0 Å². The van der Waals surface area contributed by atoms with Gasteiger partial charge in [0.15, 0.2) is 0 Å².